The lowest BCUT2D eigenvalue weighted by Crippen LogP contribution is -2.16. The van der Waals surface area contributed by atoms with E-state index < -0.39 is 5.82 Å². The number of hydrogen-bond acceptors (Lipinski definition) is 2. The molecule has 0 aliphatic heterocycles. The third-order valence-electron chi connectivity index (χ3n) is 3.20. The van der Waals surface area contributed by atoms with Crippen LogP contribution < -0.4 is 5.32 Å². The molecule has 0 radical (unpaired) electrons. The molecule has 0 saturated carbocycles. The predicted octanol–water partition coefficient (Wildman–Crippen LogP) is 5.27. The highest BCUT2D eigenvalue weighted by atomic mass is 35.5. The van der Waals surface area contributed by atoms with Gasteiger partial charge < -0.3 is 10.4 Å². The van der Waals surface area contributed by atoms with Gasteiger partial charge in [0, 0.05) is 6.04 Å². The largest absolute Gasteiger partial charge is 0.508 e. The van der Waals surface area contributed by atoms with Gasteiger partial charge >= 0.3 is 0 Å². The van der Waals surface area contributed by atoms with Gasteiger partial charge in [-0.15, -0.1) is 0 Å². The maximum absolute atomic E-state index is 13.1. The topological polar surface area (TPSA) is 32.3 Å². The van der Waals surface area contributed by atoms with Gasteiger partial charge in [0.05, 0.1) is 15.7 Å². The Morgan fingerprint density at radius 2 is 1.71 bits per heavy atom. The monoisotopic (exact) mass is 327 g/mol. The molecule has 0 bridgehead atoms. The van der Waals surface area contributed by atoms with Crippen LogP contribution >= 0.6 is 23.2 Å². The molecule has 0 heterocycles. The minimum atomic E-state index is -0.452. The van der Waals surface area contributed by atoms with E-state index in [1.807, 2.05) is 19.1 Å². The van der Waals surface area contributed by atoms with Crippen LogP contribution in [0.4, 0.5) is 10.1 Å². The van der Waals surface area contributed by atoms with Crippen molar-refractivity contribution in [1.82, 2.24) is 0 Å². The van der Waals surface area contributed by atoms with E-state index in [0.717, 1.165) is 18.4 Å². The SMILES string of the molecule is CC(CCc1ccc(O)cc1)Nc1c(Cl)cc(F)cc1Cl. The quantitative estimate of drug-likeness (QED) is 0.783. The molecule has 0 aliphatic carbocycles. The molecule has 0 aliphatic rings. The van der Waals surface area contributed by atoms with Crippen LogP contribution in [-0.4, -0.2) is 11.1 Å². The number of halogens is 3. The fourth-order valence-corrected chi connectivity index (χ4v) is 2.61. The molecule has 0 saturated heterocycles. The molecular weight excluding hydrogens is 312 g/mol. The highest BCUT2D eigenvalue weighted by molar-refractivity contribution is 6.39. The second-order valence-electron chi connectivity index (χ2n) is 4.99. The molecule has 21 heavy (non-hydrogen) atoms. The zero-order chi connectivity index (χ0) is 15.4. The second kappa shape index (κ2) is 7.01. The third kappa shape index (κ3) is 4.51. The summed E-state index contributed by atoms with van der Waals surface area (Å²) >= 11 is 12.0. The average molecular weight is 328 g/mol. The van der Waals surface area contributed by atoms with Crippen molar-refractivity contribution in [2.24, 2.45) is 0 Å². The normalized spacial score (nSPS) is 12.2. The Kier molecular flexibility index (Phi) is 5.32. The van der Waals surface area contributed by atoms with Crippen molar-refractivity contribution in [1.29, 1.82) is 0 Å². The first-order chi connectivity index (χ1) is 9.95. The molecule has 112 valence electrons. The van der Waals surface area contributed by atoms with Gasteiger partial charge in [0.2, 0.25) is 0 Å². The van der Waals surface area contributed by atoms with E-state index in [2.05, 4.69) is 5.32 Å². The Morgan fingerprint density at radius 1 is 1.14 bits per heavy atom. The van der Waals surface area contributed by atoms with Crippen molar-refractivity contribution >= 4 is 28.9 Å². The fourth-order valence-electron chi connectivity index (χ4n) is 2.04. The molecule has 2 aromatic rings. The first-order valence-electron chi connectivity index (χ1n) is 6.64. The molecule has 2 aromatic carbocycles. The summed E-state index contributed by atoms with van der Waals surface area (Å²) in [5.74, 6) is -0.193. The van der Waals surface area contributed by atoms with E-state index in [1.54, 1.807) is 12.1 Å². The highest BCUT2D eigenvalue weighted by Crippen LogP contribution is 2.32. The summed E-state index contributed by atoms with van der Waals surface area (Å²) in [7, 11) is 0. The van der Waals surface area contributed by atoms with Crippen molar-refractivity contribution in [3.8, 4) is 5.75 Å². The Hall–Kier alpha value is -1.45. The minimum Gasteiger partial charge on any atom is -0.508 e. The maximum atomic E-state index is 13.1. The van der Waals surface area contributed by atoms with Gasteiger partial charge in [0.15, 0.2) is 0 Å². The maximum Gasteiger partial charge on any atom is 0.126 e. The first kappa shape index (κ1) is 15.9. The number of phenolic OH excluding ortho intramolecular Hbond substituents is 1. The molecule has 2 rings (SSSR count). The molecule has 0 spiro atoms. The number of nitrogens with one attached hydrogen (secondary N) is 1. The molecule has 2 nitrogen and oxygen atoms in total. The van der Waals surface area contributed by atoms with Gasteiger partial charge in [-0.25, -0.2) is 4.39 Å². The predicted molar refractivity (Wildman–Crippen MR) is 85.9 cm³/mol. The van der Waals surface area contributed by atoms with Gasteiger partial charge in [-0.05, 0) is 49.6 Å². The third-order valence-corrected chi connectivity index (χ3v) is 3.80. The van der Waals surface area contributed by atoms with Crippen LogP contribution in [-0.2, 0) is 6.42 Å². The van der Waals surface area contributed by atoms with Crippen molar-refractivity contribution in [3.05, 3.63) is 57.8 Å². The Bertz CT molecular complexity index is 593. The molecule has 0 aromatic heterocycles. The zero-order valence-electron chi connectivity index (χ0n) is 11.5. The van der Waals surface area contributed by atoms with Gasteiger partial charge in [0.25, 0.3) is 0 Å². The Labute approximate surface area is 133 Å². The van der Waals surface area contributed by atoms with E-state index in [0.29, 0.717) is 5.69 Å². The molecular formula is C16H16Cl2FNO. The standard InChI is InChI=1S/C16H16Cl2FNO/c1-10(2-3-11-4-6-13(21)7-5-11)20-16-14(17)8-12(19)9-15(16)18/h4-10,20-21H,2-3H2,1H3. The van der Waals surface area contributed by atoms with E-state index in [9.17, 15) is 9.50 Å². The van der Waals surface area contributed by atoms with E-state index >= 15 is 0 Å². The second-order valence-corrected chi connectivity index (χ2v) is 5.81. The summed E-state index contributed by atoms with van der Waals surface area (Å²) in [6.45, 7) is 2.01. The van der Waals surface area contributed by atoms with Gasteiger partial charge in [-0.2, -0.15) is 0 Å². The summed E-state index contributed by atoms with van der Waals surface area (Å²) in [6, 6.07) is 9.71. The van der Waals surface area contributed by atoms with E-state index in [1.165, 1.54) is 12.1 Å². The minimum absolute atomic E-state index is 0.124. The number of anilines is 1. The molecule has 0 amide bonds. The first-order valence-corrected chi connectivity index (χ1v) is 7.40. The zero-order valence-corrected chi connectivity index (χ0v) is 13.0. The van der Waals surface area contributed by atoms with Crippen LogP contribution in [0.3, 0.4) is 0 Å². The van der Waals surface area contributed by atoms with Crippen molar-refractivity contribution < 1.29 is 9.50 Å². The number of rotatable bonds is 5. The summed E-state index contributed by atoms with van der Waals surface area (Å²) in [4.78, 5) is 0. The number of aryl methyl sites for hydroxylation is 1. The summed E-state index contributed by atoms with van der Waals surface area (Å²) in [6.07, 6.45) is 1.71. The molecule has 1 atom stereocenters. The van der Waals surface area contributed by atoms with Crippen molar-refractivity contribution in [2.45, 2.75) is 25.8 Å². The summed E-state index contributed by atoms with van der Waals surface area (Å²) in [5.41, 5.74) is 1.69. The van der Waals surface area contributed by atoms with Crippen LogP contribution in [0.5, 0.6) is 5.75 Å². The smallest absolute Gasteiger partial charge is 0.126 e. The number of aromatic hydroxyl groups is 1. The lowest BCUT2D eigenvalue weighted by Gasteiger charge is -2.17. The van der Waals surface area contributed by atoms with Crippen LogP contribution in [0, 0.1) is 5.82 Å². The molecule has 2 N–H and O–H groups in total. The summed E-state index contributed by atoms with van der Waals surface area (Å²) in [5, 5.41) is 13.0. The van der Waals surface area contributed by atoms with Gasteiger partial charge in [-0.3, -0.25) is 0 Å². The summed E-state index contributed by atoms with van der Waals surface area (Å²) < 4.78 is 13.1. The molecule has 5 heteroatoms. The lowest BCUT2D eigenvalue weighted by molar-refractivity contribution is 0.475. The van der Waals surface area contributed by atoms with E-state index in [-0.39, 0.29) is 21.8 Å². The molecule has 1 unspecified atom stereocenters. The average Bonchev–Trinajstić information content (AvgIpc) is 2.42. The number of benzene rings is 2. The van der Waals surface area contributed by atoms with Gasteiger partial charge in [-0.1, -0.05) is 35.3 Å². The van der Waals surface area contributed by atoms with Crippen LogP contribution in [0.2, 0.25) is 10.0 Å². The number of phenols is 1. The van der Waals surface area contributed by atoms with E-state index in [4.69, 9.17) is 23.2 Å². The van der Waals surface area contributed by atoms with Crippen LogP contribution in [0.1, 0.15) is 18.9 Å². The van der Waals surface area contributed by atoms with Crippen molar-refractivity contribution in [2.75, 3.05) is 5.32 Å². The van der Waals surface area contributed by atoms with Gasteiger partial charge in [0.1, 0.15) is 11.6 Å². The van der Waals surface area contributed by atoms with Crippen LogP contribution in [0.25, 0.3) is 0 Å². The lowest BCUT2D eigenvalue weighted by atomic mass is 10.1. The molecule has 0 fully saturated rings. The Morgan fingerprint density at radius 3 is 2.29 bits per heavy atom. The number of hydrogen-bond donors (Lipinski definition) is 2. The highest BCUT2D eigenvalue weighted by Gasteiger charge is 2.11. The van der Waals surface area contributed by atoms with Crippen molar-refractivity contribution in [3.63, 3.8) is 0 Å². The fraction of sp³-hybridized carbons (Fsp3) is 0.250. The van der Waals surface area contributed by atoms with Crippen LogP contribution in [0.15, 0.2) is 36.4 Å². The Balaban J connectivity index is 1.96.